The summed E-state index contributed by atoms with van der Waals surface area (Å²) in [5, 5.41) is 3.22. The molecule has 3 nitrogen and oxygen atoms in total. The van der Waals surface area contributed by atoms with Gasteiger partial charge in [-0.05, 0) is 43.4 Å². The molecule has 1 unspecified atom stereocenters. The van der Waals surface area contributed by atoms with E-state index in [4.69, 9.17) is 5.73 Å². The molecule has 1 aromatic rings. The Kier molecular flexibility index (Phi) is 5.91. The molecule has 0 bridgehead atoms. The van der Waals surface area contributed by atoms with Crippen molar-refractivity contribution in [2.45, 2.75) is 25.8 Å². The quantitative estimate of drug-likeness (QED) is 0.733. The van der Waals surface area contributed by atoms with Crippen molar-refractivity contribution in [1.29, 1.82) is 0 Å². The van der Waals surface area contributed by atoms with E-state index in [1.807, 2.05) is 31.2 Å². The lowest BCUT2D eigenvalue weighted by molar-refractivity contribution is -0.118. The lowest BCUT2D eigenvalue weighted by Gasteiger charge is -2.17. The average Bonchev–Trinajstić information content (AvgIpc) is 2.30. The molecule has 1 aromatic carbocycles. The first-order valence-corrected chi connectivity index (χ1v) is 7.15. The molecule has 1 atom stereocenters. The summed E-state index contributed by atoms with van der Waals surface area (Å²) in [6.07, 6.45) is 3.84. The van der Waals surface area contributed by atoms with Gasteiger partial charge in [0.15, 0.2) is 0 Å². The number of hydrogen-bond acceptors (Lipinski definition) is 3. The minimum atomic E-state index is -0.283. The second-order valence-corrected chi connectivity index (χ2v) is 5.03. The van der Waals surface area contributed by atoms with Crippen LogP contribution in [0.2, 0.25) is 0 Å². The summed E-state index contributed by atoms with van der Waals surface area (Å²) in [5.41, 5.74) is 7.52. The third-order valence-corrected chi connectivity index (χ3v) is 3.36. The van der Waals surface area contributed by atoms with Gasteiger partial charge >= 0.3 is 0 Å². The van der Waals surface area contributed by atoms with Gasteiger partial charge in [0.2, 0.25) is 5.91 Å². The highest BCUT2D eigenvalue weighted by atomic mass is 32.2. The number of nitrogens with two attached hydrogens (primary N) is 1. The van der Waals surface area contributed by atoms with Gasteiger partial charge in [0.05, 0.1) is 0 Å². The first-order chi connectivity index (χ1) is 8.15. The van der Waals surface area contributed by atoms with Gasteiger partial charge in [0.1, 0.15) is 6.04 Å². The van der Waals surface area contributed by atoms with E-state index in [0.717, 1.165) is 29.8 Å². The monoisotopic (exact) mass is 252 g/mol. The third-order valence-electron chi connectivity index (χ3n) is 2.66. The molecule has 17 heavy (non-hydrogen) atoms. The van der Waals surface area contributed by atoms with Crippen molar-refractivity contribution in [2.24, 2.45) is 5.73 Å². The standard InChI is InChI=1S/C13H20N2OS/c1-10-6-3-4-7-11(10)15-12(13(14)16)8-5-9-17-2/h3-4,6-7,12,15H,5,8-9H2,1-2H3,(H2,14,16). The van der Waals surface area contributed by atoms with Crippen LogP contribution in [0, 0.1) is 6.92 Å². The van der Waals surface area contributed by atoms with Crippen LogP contribution in [0.4, 0.5) is 5.69 Å². The molecular weight excluding hydrogens is 232 g/mol. The van der Waals surface area contributed by atoms with Gasteiger partial charge < -0.3 is 11.1 Å². The van der Waals surface area contributed by atoms with Crippen LogP contribution in [0.5, 0.6) is 0 Å². The van der Waals surface area contributed by atoms with Gasteiger partial charge in [-0.3, -0.25) is 4.79 Å². The zero-order valence-electron chi connectivity index (χ0n) is 10.4. The van der Waals surface area contributed by atoms with Crippen molar-refractivity contribution < 1.29 is 4.79 Å². The predicted molar refractivity (Wildman–Crippen MR) is 75.4 cm³/mol. The average molecular weight is 252 g/mol. The number of para-hydroxylation sites is 1. The topological polar surface area (TPSA) is 55.1 Å². The summed E-state index contributed by atoms with van der Waals surface area (Å²) >= 11 is 1.78. The lowest BCUT2D eigenvalue weighted by atomic mass is 10.1. The molecule has 0 aliphatic carbocycles. The Morgan fingerprint density at radius 3 is 2.76 bits per heavy atom. The molecule has 1 amide bonds. The van der Waals surface area contributed by atoms with Crippen molar-refractivity contribution in [1.82, 2.24) is 0 Å². The number of benzene rings is 1. The summed E-state index contributed by atoms with van der Waals surface area (Å²) in [6.45, 7) is 2.02. The van der Waals surface area contributed by atoms with Crippen molar-refractivity contribution in [3.8, 4) is 0 Å². The molecule has 94 valence electrons. The summed E-state index contributed by atoms with van der Waals surface area (Å²) < 4.78 is 0. The largest absolute Gasteiger partial charge is 0.373 e. The van der Waals surface area contributed by atoms with Gasteiger partial charge in [-0.25, -0.2) is 0 Å². The van der Waals surface area contributed by atoms with E-state index < -0.39 is 0 Å². The lowest BCUT2D eigenvalue weighted by Crippen LogP contribution is -2.35. The van der Waals surface area contributed by atoms with Gasteiger partial charge in [0, 0.05) is 5.69 Å². The Morgan fingerprint density at radius 2 is 2.18 bits per heavy atom. The fourth-order valence-corrected chi connectivity index (χ4v) is 2.10. The molecule has 0 spiro atoms. The van der Waals surface area contributed by atoms with E-state index in [1.54, 1.807) is 11.8 Å². The minimum Gasteiger partial charge on any atom is -0.373 e. The summed E-state index contributed by atoms with van der Waals surface area (Å²) in [5.74, 6) is 0.772. The van der Waals surface area contributed by atoms with Crippen molar-refractivity contribution >= 4 is 23.4 Å². The van der Waals surface area contributed by atoms with E-state index in [1.165, 1.54) is 0 Å². The van der Waals surface area contributed by atoms with Crippen LogP contribution in [0.3, 0.4) is 0 Å². The van der Waals surface area contributed by atoms with Crippen molar-refractivity contribution in [3.63, 3.8) is 0 Å². The maximum Gasteiger partial charge on any atom is 0.239 e. The molecule has 0 saturated heterocycles. The fourth-order valence-electron chi connectivity index (χ4n) is 1.64. The molecule has 4 heteroatoms. The van der Waals surface area contributed by atoms with E-state index in [9.17, 15) is 4.79 Å². The smallest absolute Gasteiger partial charge is 0.239 e. The number of anilines is 1. The summed E-state index contributed by atoms with van der Waals surface area (Å²) in [6, 6.07) is 7.65. The normalized spacial score (nSPS) is 12.1. The number of hydrogen-bond donors (Lipinski definition) is 2. The Morgan fingerprint density at radius 1 is 1.47 bits per heavy atom. The van der Waals surface area contributed by atoms with Crippen LogP contribution in [0.25, 0.3) is 0 Å². The van der Waals surface area contributed by atoms with E-state index >= 15 is 0 Å². The Hall–Kier alpha value is -1.16. The number of nitrogens with one attached hydrogen (secondary N) is 1. The molecule has 0 aliphatic rings. The highest BCUT2D eigenvalue weighted by Gasteiger charge is 2.14. The van der Waals surface area contributed by atoms with E-state index in [2.05, 4.69) is 11.6 Å². The number of thioether (sulfide) groups is 1. The molecule has 3 N–H and O–H groups in total. The van der Waals surface area contributed by atoms with Gasteiger partial charge in [-0.15, -0.1) is 0 Å². The Bertz CT molecular complexity index is 368. The van der Waals surface area contributed by atoms with Gasteiger partial charge in [-0.2, -0.15) is 11.8 Å². The van der Waals surface area contributed by atoms with Gasteiger partial charge in [-0.1, -0.05) is 18.2 Å². The van der Waals surface area contributed by atoms with E-state index in [-0.39, 0.29) is 11.9 Å². The molecule has 0 saturated carbocycles. The second kappa shape index (κ2) is 7.22. The van der Waals surface area contributed by atoms with E-state index in [0.29, 0.717) is 0 Å². The summed E-state index contributed by atoms with van der Waals surface area (Å²) in [7, 11) is 0. The highest BCUT2D eigenvalue weighted by molar-refractivity contribution is 7.98. The van der Waals surface area contributed by atoms with Crippen LogP contribution < -0.4 is 11.1 Å². The van der Waals surface area contributed by atoms with Crippen LogP contribution in [0.1, 0.15) is 18.4 Å². The highest BCUT2D eigenvalue weighted by Crippen LogP contribution is 2.16. The number of amides is 1. The molecule has 0 heterocycles. The Labute approximate surface area is 107 Å². The van der Waals surface area contributed by atoms with Gasteiger partial charge in [0.25, 0.3) is 0 Å². The van der Waals surface area contributed by atoms with Crippen LogP contribution in [-0.4, -0.2) is 24.0 Å². The Balaban J connectivity index is 2.61. The van der Waals surface area contributed by atoms with Crippen LogP contribution in [0.15, 0.2) is 24.3 Å². The summed E-state index contributed by atoms with van der Waals surface area (Å²) in [4.78, 5) is 11.4. The zero-order chi connectivity index (χ0) is 12.7. The SMILES string of the molecule is CSCCCC(Nc1ccccc1C)C(N)=O. The van der Waals surface area contributed by atoms with Crippen molar-refractivity contribution in [3.05, 3.63) is 29.8 Å². The molecular formula is C13H20N2OS. The number of carbonyl (C=O) groups is 1. The number of carbonyl (C=O) groups excluding carboxylic acids is 1. The first kappa shape index (κ1) is 13.9. The first-order valence-electron chi connectivity index (χ1n) is 5.75. The molecule has 0 radical (unpaired) electrons. The maximum atomic E-state index is 11.4. The number of primary amides is 1. The predicted octanol–water partition coefficient (Wildman–Crippen LogP) is 2.40. The second-order valence-electron chi connectivity index (χ2n) is 4.05. The molecule has 0 aliphatic heterocycles. The number of rotatable bonds is 7. The molecule has 1 rings (SSSR count). The van der Waals surface area contributed by atoms with Crippen molar-refractivity contribution in [2.75, 3.05) is 17.3 Å². The van der Waals surface area contributed by atoms with Crippen LogP contribution >= 0.6 is 11.8 Å². The molecule has 0 fully saturated rings. The maximum absolute atomic E-state index is 11.4. The molecule has 0 aromatic heterocycles. The van der Waals surface area contributed by atoms with Crippen LogP contribution in [-0.2, 0) is 4.79 Å². The minimum absolute atomic E-state index is 0.275. The number of aryl methyl sites for hydroxylation is 1. The zero-order valence-corrected chi connectivity index (χ0v) is 11.2. The fraction of sp³-hybridized carbons (Fsp3) is 0.462. The third kappa shape index (κ3) is 4.69.